The summed E-state index contributed by atoms with van der Waals surface area (Å²) >= 11 is 0. The Morgan fingerprint density at radius 3 is 2.89 bits per heavy atom. The molecule has 1 saturated heterocycles. The summed E-state index contributed by atoms with van der Waals surface area (Å²) in [6.07, 6.45) is -0.932. The molecule has 0 saturated carbocycles. The standard InChI is InChI=1S/C12H16F3N3/c1-18(8-10-3-2-5-16-10)11-7-9(4-6-17-11)12(13,14)15/h4,6-7,10,16H,2-3,5,8H2,1H3. The number of nitrogens with one attached hydrogen (secondary N) is 1. The number of halogens is 3. The number of rotatable bonds is 3. The third kappa shape index (κ3) is 3.13. The molecule has 1 aliphatic rings. The molecule has 3 nitrogen and oxygen atoms in total. The van der Waals surface area contributed by atoms with Crippen molar-refractivity contribution in [3.63, 3.8) is 0 Å². The van der Waals surface area contributed by atoms with E-state index in [0.717, 1.165) is 31.5 Å². The van der Waals surface area contributed by atoms with Crippen LogP contribution in [0, 0.1) is 0 Å². The Morgan fingerprint density at radius 1 is 1.50 bits per heavy atom. The normalized spacial score (nSPS) is 20.1. The van der Waals surface area contributed by atoms with Crippen LogP contribution in [0.25, 0.3) is 0 Å². The Kier molecular flexibility index (Phi) is 3.75. The molecule has 2 heterocycles. The van der Waals surface area contributed by atoms with Gasteiger partial charge >= 0.3 is 6.18 Å². The van der Waals surface area contributed by atoms with Crippen molar-refractivity contribution in [2.24, 2.45) is 0 Å². The molecule has 1 aromatic heterocycles. The van der Waals surface area contributed by atoms with Gasteiger partial charge in [0, 0.05) is 25.8 Å². The van der Waals surface area contributed by atoms with Crippen LogP contribution in [0.3, 0.4) is 0 Å². The SMILES string of the molecule is CN(CC1CCCN1)c1cc(C(F)(F)F)ccn1. The maximum Gasteiger partial charge on any atom is 0.416 e. The first-order valence-electron chi connectivity index (χ1n) is 5.94. The van der Waals surface area contributed by atoms with Crippen LogP contribution in [0.2, 0.25) is 0 Å². The van der Waals surface area contributed by atoms with Gasteiger partial charge in [-0.05, 0) is 31.5 Å². The number of nitrogens with zero attached hydrogens (tertiary/aromatic N) is 2. The van der Waals surface area contributed by atoms with E-state index in [9.17, 15) is 13.2 Å². The summed E-state index contributed by atoms with van der Waals surface area (Å²) in [5.41, 5.74) is -0.654. The molecule has 1 N–H and O–H groups in total. The summed E-state index contributed by atoms with van der Waals surface area (Å²) in [4.78, 5) is 5.76. The molecule has 0 amide bonds. The van der Waals surface area contributed by atoms with Gasteiger partial charge in [-0.25, -0.2) is 4.98 Å². The summed E-state index contributed by atoms with van der Waals surface area (Å²) in [6, 6.07) is 2.42. The number of likely N-dealkylation sites (N-methyl/N-ethyl adjacent to an activating group) is 1. The molecule has 6 heteroatoms. The Bertz CT molecular complexity index is 400. The monoisotopic (exact) mass is 259 g/mol. The lowest BCUT2D eigenvalue weighted by Gasteiger charge is -2.22. The van der Waals surface area contributed by atoms with Crippen molar-refractivity contribution in [1.29, 1.82) is 0 Å². The second-order valence-corrected chi connectivity index (χ2v) is 4.57. The van der Waals surface area contributed by atoms with Crippen LogP contribution in [0.1, 0.15) is 18.4 Å². The fourth-order valence-corrected chi connectivity index (χ4v) is 2.14. The van der Waals surface area contributed by atoms with Gasteiger partial charge in [-0.2, -0.15) is 13.2 Å². The molecule has 2 rings (SSSR count). The van der Waals surface area contributed by atoms with Gasteiger partial charge in [-0.15, -0.1) is 0 Å². The van der Waals surface area contributed by atoms with Gasteiger partial charge in [0.2, 0.25) is 0 Å². The number of hydrogen-bond acceptors (Lipinski definition) is 3. The average molecular weight is 259 g/mol. The molecule has 0 spiro atoms. The summed E-state index contributed by atoms with van der Waals surface area (Å²) < 4.78 is 37.7. The lowest BCUT2D eigenvalue weighted by atomic mass is 10.2. The quantitative estimate of drug-likeness (QED) is 0.902. The van der Waals surface area contributed by atoms with Gasteiger partial charge in [0.1, 0.15) is 5.82 Å². The number of pyridine rings is 1. The van der Waals surface area contributed by atoms with Crippen LogP contribution in [-0.2, 0) is 6.18 Å². The van der Waals surface area contributed by atoms with Crippen molar-refractivity contribution in [3.8, 4) is 0 Å². The third-order valence-corrected chi connectivity index (χ3v) is 3.12. The second-order valence-electron chi connectivity index (χ2n) is 4.57. The Morgan fingerprint density at radius 2 is 2.28 bits per heavy atom. The second kappa shape index (κ2) is 5.14. The smallest absolute Gasteiger partial charge is 0.358 e. The van der Waals surface area contributed by atoms with Crippen molar-refractivity contribution >= 4 is 5.82 Å². The molecule has 0 aliphatic carbocycles. The predicted molar refractivity (Wildman–Crippen MR) is 63.5 cm³/mol. The highest BCUT2D eigenvalue weighted by molar-refractivity contribution is 5.41. The lowest BCUT2D eigenvalue weighted by molar-refractivity contribution is -0.137. The molecule has 1 atom stereocenters. The van der Waals surface area contributed by atoms with Crippen LogP contribution in [-0.4, -0.2) is 31.2 Å². The number of aromatic nitrogens is 1. The van der Waals surface area contributed by atoms with Crippen molar-refractivity contribution in [2.45, 2.75) is 25.1 Å². The van der Waals surface area contributed by atoms with Gasteiger partial charge in [0.25, 0.3) is 0 Å². The van der Waals surface area contributed by atoms with E-state index >= 15 is 0 Å². The van der Waals surface area contributed by atoms with Crippen LogP contribution < -0.4 is 10.2 Å². The summed E-state index contributed by atoms with van der Waals surface area (Å²) in [5, 5.41) is 3.31. The minimum atomic E-state index is -4.32. The Balaban J connectivity index is 2.07. The molecule has 1 fully saturated rings. The van der Waals surface area contributed by atoms with E-state index in [0.29, 0.717) is 18.4 Å². The molecule has 1 unspecified atom stereocenters. The number of hydrogen-bond donors (Lipinski definition) is 1. The average Bonchev–Trinajstić information content (AvgIpc) is 2.81. The molecular weight excluding hydrogens is 243 g/mol. The van der Waals surface area contributed by atoms with Crippen molar-refractivity contribution in [2.75, 3.05) is 25.0 Å². The number of anilines is 1. The first-order chi connectivity index (χ1) is 8.47. The largest absolute Gasteiger partial charge is 0.416 e. The van der Waals surface area contributed by atoms with Gasteiger partial charge in [0.05, 0.1) is 5.56 Å². The van der Waals surface area contributed by atoms with Crippen molar-refractivity contribution in [3.05, 3.63) is 23.9 Å². The Labute approximate surface area is 104 Å². The lowest BCUT2D eigenvalue weighted by Crippen LogP contribution is -2.35. The van der Waals surface area contributed by atoms with Crippen LogP contribution in [0.4, 0.5) is 19.0 Å². The van der Waals surface area contributed by atoms with Crippen LogP contribution >= 0.6 is 0 Å². The Hall–Kier alpha value is -1.30. The summed E-state index contributed by atoms with van der Waals surface area (Å²) in [5.74, 6) is 0.360. The zero-order chi connectivity index (χ0) is 13.2. The number of alkyl halides is 3. The van der Waals surface area contributed by atoms with E-state index < -0.39 is 11.7 Å². The highest BCUT2D eigenvalue weighted by atomic mass is 19.4. The van der Waals surface area contributed by atoms with E-state index in [2.05, 4.69) is 10.3 Å². The van der Waals surface area contributed by atoms with E-state index in [4.69, 9.17) is 0 Å². The molecular formula is C12H16F3N3. The van der Waals surface area contributed by atoms with E-state index in [1.54, 1.807) is 11.9 Å². The summed E-state index contributed by atoms with van der Waals surface area (Å²) in [6.45, 7) is 1.66. The van der Waals surface area contributed by atoms with Gasteiger partial charge in [0.15, 0.2) is 0 Å². The van der Waals surface area contributed by atoms with E-state index in [-0.39, 0.29) is 0 Å². The zero-order valence-electron chi connectivity index (χ0n) is 10.2. The zero-order valence-corrected chi connectivity index (χ0v) is 10.2. The van der Waals surface area contributed by atoms with Crippen molar-refractivity contribution < 1.29 is 13.2 Å². The molecule has 100 valence electrons. The first kappa shape index (κ1) is 13.1. The molecule has 0 bridgehead atoms. The fourth-order valence-electron chi connectivity index (χ4n) is 2.14. The van der Waals surface area contributed by atoms with Gasteiger partial charge in [-0.3, -0.25) is 0 Å². The maximum atomic E-state index is 12.6. The minimum Gasteiger partial charge on any atom is -0.358 e. The highest BCUT2D eigenvalue weighted by Crippen LogP contribution is 2.30. The molecule has 0 radical (unpaired) electrons. The summed E-state index contributed by atoms with van der Waals surface area (Å²) in [7, 11) is 1.77. The maximum absolute atomic E-state index is 12.6. The molecule has 0 aromatic carbocycles. The minimum absolute atomic E-state index is 0.339. The van der Waals surface area contributed by atoms with E-state index in [1.807, 2.05) is 0 Å². The molecule has 1 aromatic rings. The fraction of sp³-hybridized carbons (Fsp3) is 0.583. The predicted octanol–water partition coefficient (Wildman–Crippen LogP) is 2.29. The van der Waals surface area contributed by atoms with Gasteiger partial charge in [-0.1, -0.05) is 0 Å². The highest BCUT2D eigenvalue weighted by Gasteiger charge is 2.31. The van der Waals surface area contributed by atoms with E-state index in [1.165, 1.54) is 6.20 Å². The van der Waals surface area contributed by atoms with Gasteiger partial charge < -0.3 is 10.2 Å². The topological polar surface area (TPSA) is 28.2 Å². The van der Waals surface area contributed by atoms with Crippen LogP contribution in [0.15, 0.2) is 18.3 Å². The third-order valence-electron chi connectivity index (χ3n) is 3.12. The molecule has 18 heavy (non-hydrogen) atoms. The van der Waals surface area contributed by atoms with Crippen molar-refractivity contribution in [1.82, 2.24) is 10.3 Å². The molecule has 1 aliphatic heterocycles. The van der Waals surface area contributed by atoms with Crippen LogP contribution in [0.5, 0.6) is 0 Å². The first-order valence-corrected chi connectivity index (χ1v) is 5.94.